The molecule has 1 heterocycles. The minimum absolute atomic E-state index is 0.0656. The van der Waals surface area contributed by atoms with Crippen LogP contribution in [0.1, 0.15) is 5.56 Å². The molecule has 2 amide bonds. The number of pyridine rings is 1. The number of hydrogen-bond acceptors (Lipinski definition) is 6. The highest BCUT2D eigenvalue weighted by molar-refractivity contribution is 9.10. The summed E-state index contributed by atoms with van der Waals surface area (Å²) in [6.45, 7) is 1.24. The fraction of sp³-hybridized carbons (Fsp3) is 0.278. The van der Waals surface area contributed by atoms with Gasteiger partial charge in [0, 0.05) is 19.6 Å². The maximum Gasteiger partial charge on any atom is 0.319 e. The number of para-hydroxylation sites is 1. The normalized spacial score (nSPS) is 11.3. The fourth-order valence-corrected chi connectivity index (χ4v) is 2.32. The van der Waals surface area contributed by atoms with Crippen molar-refractivity contribution in [3.63, 3.8) is 0 Å². The molecule has 0 saturated heterocycles. The molecule has 0 aliphatic carbocycles. The number of halogens is 1. The van der Waals surface area contributed by atoms with Crippen molar-refractivity contribution < 1.29 is 14.6 Å². The van der Waals surface area contributed by atoms with E-state index in [0.717, 1.165) is 0 Å². The van der Waals surface area contributed by atoms with E-state index in [2.05, 4.69) is 36.9 Å². The van der Waals surface area contributed by atoms with Crippen LogP contribution >= 0.6 is 15.9 Å². The molecule has 0 unspecified atom stereocenters. The third-order valence-corrected chi connectivity index (χ3v) is 3.86. The number of carbonyl (C=O) groups excluding carboxylic acids is 1. The van der Waals surface area contributed by atoms with Gasteiger partial charge in [-0.1, -0.05) is 12.1 Å². The van der Waals surface area contributed by atoms with Crippen LogP contribution in [-0.4, -0.2) is 48.5 Å². The lowest BCUT2D eigenvalue weighted by Gasteiger charge is -2.14. The molecule has 0 fully saturated rings. The maximum absolute atomic E-state index is 11.7. The Bertz CT molecular complexity index is 779. The molecule has 1 aromatic heterocycles. The van der Waals surface area contributed by atoms with E-state index in [0.29, 0.717) is 41.2 Å². The number of nitriles is 1. The molecule has 8 nitrogen and oxygen atoms in total. The molecule has 2 aromatic rings. The largest absolute Gasteiger partial charge is 0.489 e. The second-order valence-corrected chi connectivity index (χ2v) is 6.34. The predicted molar refractivity (Wildman–Crippen MR) is 104 cm³/mol. The number of benzene rings is 1. The molecule has 1 atom stereocenters. The summed E-state index contributed by atoms with van der Waals surface area (Å²) in [6.07, 6.45) is 0.808. The molecule has 4 N–H and O–H groups in total. The SMILES string of the molecule is N#Cc1ccccc1OC[C@@H](O)CNCCNC(=O)Nc1ccc(Br)nc1. The first-order valence-electron chi connectivity index (χ1n) is 8.25. The summed E-state index contributed by atoms with van der Waals surface area (Å²) in [6, 6.07) is 12.0. The molecule has 9 heteroatoms. The number of ether oxygens (including phenoxy) is 1. The van der Waals surface area contributed by atoms with E-state index in [9.17, 15) is 9.90 Å². The zero-order chi connectivity index (χ0) is 19.5. The molecule has 0 aliphatic heterocycles. The lowest BCUT2D eigenvalue weighted by Crippen LogP contribution is -2.38. The second-order valence-electron chi connectivity index (χ2n) is 5.53. The van der Waals surface area contributed by atoms with Crippen LogP contribution in [0.4, 0.5) is 10.5 Å². The van der Waals surface area contributed by atoms with Crippen LogP contribution in [-0.2, 0) is 0 Å². The molecule has 1 aromatic carbocycles. The fourth-order valence-electron chi connectivity index (χ4n) is 2.09. The van der Waals surface area contributed by atoms with Gasteiger partial charge in [0.05, 0.1) is 17.4 Å². The average Bonchev–Trinajstić information content (AvgIpc) is 2.68. The van der Waals surface area contributed by atoms with Gasteiger partial charge in [0.2, 0.25) is 0 Å². The van der Waals surface area contributed by atoms with Crippen LogP contribution in [0.25, 0.3) is 0 Å². The highest BCUT2D eigenvalue weighted by atomic mass is 79.9. The Balaban J connectivity index is 1.57. The van der Waals surface area contributed by atoms with Gasteiger partial charge in [0.1, 0.15) is 29.1 Å². The van der Waals surface area contributed by atoms with Crippen molar-refractivity contribution in [2.75, 3.05) is 31.6 Å². The molecular formula is C18H20BrN5O3. The maximum atomic E-state index is 11.7. The first-order valence-corrected chi connectivity index (χ1v) is 9.05. The first-order chi connectivity index (χ1) is 13.1. The van der Waals surface area contributed by atoms with Gasteiger partial charge in [-0.05, 0) is 40.2 Å². The number of amides is 2. The number of hydrogen-bond donors (Lipinski definition) is 4. The van der Waals surface area contributed by atoms with Gasteiger partial charge >= 0.3 is 6.03 Å². The quantitative estimate of drug-likeness (QED) is 0.354. The summed E-state index contributed by atoms with van der Waals surface area (Å²) in [4.78, 5) is 15.7. The smallest absolute Gasteiger partial charge is 0.319 e. The van der Waals surface area contributed by atoms with Gasteiger partial charge < -0.3 is 25.8 Å². The zero-order valence-corrected chi connectivity index (χ0v) is 16.1. The van der Waals surface area contributed by atoms with Gasteiger partial charge in [-0.2, -0.15) is 5.26 Å². The summed E-state index contributed by atoms with van der Waals surface area (Å²) in [7, 11) is 0. The number of anilines is 1. The van der Waals surface area contributed by atoms with Gasteiger partial charge in [-0.15, -0.1) is 0 Å². The van der Waals surface area contributed by atoms with Crippen LogP contribution < -0.4 is 20.7 Å². The molecule has 0 bridgehead atoms. The molecule has 0 radical (unpaired) electrons. The number of urea groups is 1. The standard InChI is InChI=1S/C18H20BrN5O3/c19-17-6-5-14(10-23-17)24-18(26)22-8-7-21-11-15(25)12-27-16-4-2-1-3-13(16)9-20/h1-6,10,15,21,25H,7-8,11-12H2,(H2,22,24,26)/t15-/m0/s1. The molecule has 0 saturated carbocycles. The Morgan fingerprint density at radius 3 is 2.85 bits per heavy atom. The summed E-state index contributed by atoms with van der Waals surface area (Å²) < 4.78 is 6.15. The minimum Gasteiger partial charge on any atom is -0.489 e. The van der Waals surface area contributed by atoms with E-state index in [1.807, 2.05) is 6.07 Å². The average molecular weight is 434 g/mol. The highest BCUT2D eigenvalue weighted by Gasteiger charge is 2.08. The Kier molecular flexibility index (Phi) is 8.51. The molecule has 0 spiro atoms. The van der Waals surface area contributed by atoms with Crippen molar-refractivity contribution in [3.05, 3.63) is 52.8 Å². The molecule has 142 valence electrons. The van der Waals surface area contributed by atoms with E-state index in [1.165, 1.54) is 0 Å². The number of nitrogens with one attached hydrogen (secondary N) is 3. The van der Waals surface area contributed by atoms with Gasteiger partial charge in [-0.3, -0.25) is 0 Å². The van der Waals surface area contributed by atoms with Crippen molar-refractivity contribution >= 4 is 27.6 Å². The van der Waals surface area contributed by atoms with E-state index < -0.39 is 6.10 Å². The van der Waals surface area contributed by atoms with Gasteiger partial charge in [0.25, 0.3) is 0 Å². The third kappa shape index (κ3) is 7.62. The van der Waals surface area contributed by atoms with Crippen molar-refractivity contribution in [2.45, 2.75) is 6.10 Å². The number of aliphatic hydroxyl groups excluding tert-OH is 1. The van der Waals surface area contributed by atoms with Crippen molar-refractivity contribution in [1.82, 2.24) is 15.6 Å². The predicted octanol–water partition coefficient (Wildman–Crippen LogP) is 1.87. The number of aliphatic hydroxyl groups is 1. The lowest BCUT2D eigenvalue weighted by molar-refractivity contribution is 0.106. The molecular weight excluding hydrogens is 414 g/mol. The summed E-state index contributed by atoms with van der Waals surface area (Å²) in [5.41, 5.74) is 1.02. The van der Waals surface area contributed by atoms with E-state index in [1.54, 1.807) is 42.6 Å². The topological polar surface area (TPSA) is 119 Å². The zero-order valence-electron chi connectivity index (χ0n) is 14.5. The minimum atomic E-state index is -0.737. The Hall–Kier alpha value is -2.67. The lowest BCUT2D eigenvalue weighted by atomic mass is 10.2. The van der Waals surface area contributed by atoms with Crippen LogP contribution in [0, 0.1) is 11.3 Å². The summed E-state index contributed by atoms with van der Waals surface area (Å²) in [5.74, 6) is 0.444. The second kappa shape index (κ2) is 11.1. The third-order valence-electron chi connectivity index (χ3n) is 3.39. The van der Waals surface area contributed by atoms with E-state index in [4.69, 9.17) is 10.00 Å². The summed E-state index contributed by atoms with van der Waals surface area (Å²) >= 11 is 3.22. The Morgan fingerprint density at radius 2 is 2.11 bits per heavy atom. The van der Waals surface area contributed by atoms with Crippen LogP contribution in [0.3, 0.4) is 0 Å². The number of aromatic nitrogens is 1. The number of carbonyl (C=O) groups is 1. The summed E-state index contributed by atoms with van der Waals surface area (Å²) in [5, 5.41) is 27.3. The van der Waals surface area contributed by atoms with E-state index >= 15 is 0 Å². The first kappa shape index (κ1) is 20.6. The monoisotopic (exact) mass is 433 g/mol. The Morgan fingerprint density at radius 1 is 1.30 bits per heavy atom. The molecule has 27 heavy (non-hydrogen) atoms. The van der Waals surface area contributed by atoms with Crippen molar-refractivity contribution in [3.8, 4) is 11.8 Å². The number of rotatable bonds is 9. The van der Waals surface area contributed by atoms with Crippen molar-refractivity contribution in [1.29, 1.82) is 5.26 Å². The highest BCUT2D eigenvalue weighted by Crippen LogP contribution is 2.16. The van der Waals surface area contributed by atoms with Crippen molar-refractivity contribution in [2.24, 2.45) is 0 Å². The van der Waals surface area contributed by atoms with Crippen LogP contribution in [0.2, 0.25) is 0 Å². The number of nitrogens with zero attached hydrogens (tertiary/aromatic N) is 2. The van der Waals surface area contributed by atoms with Crippen LogP contribution in [0.15, 0.2) is 47.2 Å². The molecule has 2 rings (SSSR count). The van der Waals surface area contributed by atoms with Gasteiger partial charge in [-0.25, -0.2) is 9.78 Å². The van der Waals surface area contributed by atoms with E-state index in [-0.39, 0.29) is 12.6 Å². The molecule has 0 aliphatic rings. The van der Waals surface area contributed by atoms with Gasteiger partial charge in [0.15, 0.2) is 0 Å². The Labute approximate surface area is 165 Å². The van der Waals surface area contributed by atoms with Crippen LogP contribution in [0.5, 0.6) is 5.75 Å².